The van der Waals surface area contributed by atoms with Crippen molar-refractivity contribution in [3.63, 3.8) is 0 Å². The van der Waals surface area contributed by atoms with Crippen molar-refractivity contribution >= 4 is 15.9 Å². The van der Waals surface area contributed by atoms with Gasteiger partial charge in [-0.3, -0.25) is 0 Å². The summed E-state index contributed by atoms with van der Waals surface area (Å²) in [5.41, 5.74) is 0.307. The van der Waals surface area contributed by atoms with Crippen LogP contribution in [0.25, 0.3) is 0 Å². The smallest absolute Gasteiger partial charge is 0.163 e. The van der Waals surface area contributed by atoms with Crippen LogP contribution in [0, 0.1) is 5.82 Å². The molecule has 0 aliphatic rings. The SMILES string of the molecule is COc1cc(F)c(Br)c(CC(C)O)c1O. The lowest BCUT2D eigenvalue weighted by Crippen LogP contribution is -2.06. The van der Waals surface area contributed by atoms with E-state index in [0.717, 1.165) is 6.07 Å². The molecule has 0 aliphatic heterocycles. The second-order valence-electron chi connectivity index (χ2n) is 3.25. The van der Waals surface area contributed by atoms with Crippen molar-refractivity contribution in [2.24, 2.45) is 0 Å². The molecule has 0 aromatic heterocycles. The maximum atomic E-state index is 13.3. The number of halogens is 2. The van der Waals surface area contributed by atoms with Crippen molar-refractivity contribution in [3.05, 3.63) is 21.9 Å². The van der Waals surface area contributed by atoms with Crippen LogP contribution in [-0.4, -0.2) is 23.4 Å². The third-order valence-corrected chi connectivity index (χ3v) is 2.83. The van der Waals surface area contributed by atoms with Crippen LogP contribution in [0.2, 0.25) is 0 Å². The van der Waals surface area contributed by atoms with Gasteiger partial charge in [-0.05, 0) is 22.9 Å². The molecule has 0 amide bonds. The molecule has 0 bridgehead atoms. The Hall–Kier alpha value is -0.810. The predicted molar refractivity (Wildman–Crippen MR) is 57.7 cm³/mol. The number of ether oxygens (including phenoxy) is 1. The van der Waals surface area contributed by atoms with Gasteiger partial charge in [0.25, 0.3) is 0 Å². The number of phenolic OH excluding ortho intramolecular Hbond substituents is 1. The lowest BCUT2D eigenvalue weighted by atomic mass is 10.1. The minimum atomic E-state index is -0.668. The summed E-state index contributed by atoms with van der Waals surface area (Å²) in [7, 11) is 1.34. The molecular weight excluding hydrogens is 267 g/mol. The van der Waals surface area contributed by atoms with E-state index in [1.54, 1.807) is 6.92 Å². The Morgan fingerprint density at radius 3 is 2.67 bits per heavy atom. The van der Waals surface area contributed by atoms with Gasteiger partial charge in [-0.25, -0.2) is 4.39 Å². The molecular formula is C10H12BrFO3. The Morgan fingerprint density at radius 2 is 2.20 bits per heavy atom. The molecule has 84 valence electrons. The van der Waals surface area contributed by atoms with E-state index >= 15 is 0 Å². The summed E-state index contributed by atoms with van der Waals surface area (Å²) in [4.78, 5) is 0. The summed E-state index contributed by atoms with van der Waals surface area (Å²) in [6, 6.07) is 1.09. The van der Waals surface area contributed by atoms with E-state index < -0.39 is 11.9 Å². The van der Waals surface area contributed by atoms with E-state index in [9.17, 15) is 14.6 Å². The standard InChI is InChI=1S/C10H12BrFO3/c1-5(13)3-6-9(11)7(12)4-8(15-2)10(6)14/h4-5,13-14H,3H2,1-2H3. The molecule has 1 aromatic rings. The number of aliphatic hydroxyl groups excluding tert-OH is 1. The fraction of sp³-hybridized carbons (Fsp3) is 0.400. The Bertz CT molecular complexity index is 366. The lowest BCUT2D eigenvalue weighted by molar-refractivity contribution is 0.193. The first-order valence-corrected chi connectivity index (χ1v) is 5.18. The van der Waals surface area contributed by atoms with Crippen LogP contribution in [-0.2, 0) is 6.42 Å². The molecule has 1 unspecified atom stereocenters. The van der Waals surface area contributed by atoms with Crippen LogP contribution >= 0.6 is 15.9 Å². The summed E-state index contributed by atoms with van der Waals surface area (Å²) < 4.78 is 18.3. The highest BCUT2D eigenvalue weighted by Crippen LogP contribution is 2.37. The van der Waals surface area contributed by atoms with E-state index in [0.29, 0.717) is 5.56 Å². The summed E-state index contributed by atoms with van der Waals surface area (Å²) in [6.07, 6.45) is -0.515. The quantitative estimate of drug-likeness (QED) is 0.892. The average molecular weight is 279 g/mol. The Labute approximate surface area is 95.6 Å². The maximum absolute atomic E-state index is 13.3. The molecule has 0 aliphatic carbocycles. The van der Waals surface area contributed by atoms with E-state index in [2.05, 4.69) is 15.9 Å². The average Bonchev–Trinajstić information content (AvgIpc) is 2.18. The number of aliphatic hydroxyl groups is 1. The van der Waals surface area contributed by atoms with Gasteiger partial charge in [-0.1, -0.05) is 0 Å². The van der Waals surface area contributed by atoms with Crippen molar-refractivity contribution in [2.75, 3.05) is 7.11 Å². The second-order valence-corrected chi connectivity index (χ2v) is 4.05. The Balaban J connectivity index is 3.27. The van der Waals surface area contributed by atoms with Gasteiger partial charge in [0, 0.05) is 18.1 Å². The molecule has 0 spiro atoms. The monoisotopic (exact) mass is 278 g/mol. The van der Waals surface area contributed by atoms with Crippen LogP contribution in [0.4, 0.5) is 4.39 Å². The highest BCUT2D eigenvalue weighted by atomic mass is 79.9. The van der Waals surface area contributed by atoms with Gasteiger partial charge in [0.15, 0.2) is 11.5 Å². The van der Waals surface area contributed by atoms with Gasteiger partial charge < -0.3 is 14.9 Å². The molecule has 1 rings (SSSR count). The van der Waals surface area contributed by atoms with E-state index in [-0.39, 0.29) is 22.4 Å². The molecule has 0 heterocycles. The van der Waals surface area contributed by atoms with E-state index in [1.165, 1.54) is 7.11 Å². The van der Waals surface area contributed by atoms with Crippen LogP contribution in [0.5, 0.6) is 11.5 Å². The predicted octanol–water partition coefficient (Wildman–Crippen LogP) is 2.23. The largest absolute Gasteiger partial charge is 0.504 e. The molecule has 15 heavy (non-hydrogen) atoms. The number of methoxy groups -OCH3 is 1. The van der Waals surface area contributed by atoms with Gasteiger partial charge >= 0.3 is 0 Å². The molecule has 1 aromatic carbocycles. The lowest BCUT2D eigenvalue weighted by Gasteiger charge is -2.13. The van der Waals surface area contributed by atoms with Crippen molar-refractivity contribution in [3.8, 4) is 11.5 Å². The summed E-state index contributed by atoms with van der Waals surface area (Å²) in [5, 5.41) is 18.9. The molecule has 0 radical (unpaired) electrons. The minimum absolute atomic E-state index is 0.0614. The van der Waals surface area contributed by atoms with Crippen LogP contribution in [0.15, 0.2) is 10.5 Å². The van der Waals surface area contributed by atoms with Crippen molar-refractivity contribution in [2.45, 2.75) is 19.4 Å². The first-order chi connectivity index (χ1) is 6.97. The van der Waals surface area contributed by atoms with Gasteiger partial charge in [0.1, 0.15) is 5.82 Å². The van der Waals surface area contributed by atoms with E-state index in [1.807, 2.05) is 0 Å². The van der Waals surface area contributed by atoms with Gasteiger partial charge in [0.05, 0.1) is 17.7 Å². The second kappa shape index (κ2) is 4.81. The normalized spacial score (nSPS) is 12.6. The number of rotatable bonds is 3. The summed E-state index contributed by atoms with van der Waals surface area (Å²) >= 11 is 3.02. The van der Waals surface area contributed by atoms with Crippen molar-refractivity contribution in [1.29, 1.82) is 0 Å². The van der Waals surface area contributed by atoms with Crippen molar-refractivity contribution < 1.29 is 19.3 Å². The maximum Gasteiger partial charge on any atom is 0.163 e. The zero-order valence-corrected chi connectivity index (χ0v) is 10.0. The third-order valence-electron chi connectivity index (χ3n) is 1.97. The number of phenols is 1. The topological polar surface area (TPSA) is 49.7 Å². The van der Waals surface area contributed by atoms with Crippen LogP contribution < -0.4 is 4.74 Å². The minimum Gasteiger partial charge on any atom is -0.504 e. The third kappa shape index (κ3) is 2.60. The molecule has 5 heteroatoms. The highest BCUT2D eigenvalue weighted by molar-refractivity contribution is 9.10. The molecule has 2 N–H and O–H groups in total. The first kappa shape index (κ1) is 12.3. The van der Waals surface area contributed by atoms with Gasteiger partial charge in [0.2, 0.25) is 0 Å². The first-order valence-electron chi connectivity index (χ1n) is 4.39. The molecule has 0 saturated heterocycles. The summed E-state index contributed by atoms with van der Waals surface area (Å²) in [6.45, 7) is 1.56. The van der Waals surface area contributed by atoms with Gasteiger partial charge in [-0.15, -0.1) is 0 Å². The fourth-order valence-electron chi connectivity index (χ4n) is 1.28. The fourth-order valence-corrected chi connectivity index (χ4v) is 1.75. The zero-order chi connectivity index (χ0) is 11.6. The molecule has 3 nitrogen and oxygen atoms in total. The molecule has 1 atom stereocenters. The highest BCUT2D eigenvalue weighted by Gasteiger charge is 2.17. The number of benzene rings is 1. The zero-order valence-electron chi connectivity index (χ0n) is 8.42. The number of aromatic hydroxyl groups is 1. The Morgan fingerprint density at radius 1 is 1.60 bits per heavy atom. The van der Waals surface area contributed by atoms with Crippen molar-refractivity contribution in [1.82, 2.24) is 0 Å². The van der Waals surface area contributed by atoms with Crippen LogP contribution in [0.1, 0.15) is 12.5 Å². The Kier molecular flexibility index (Phi) is 3.93. The summed E-state index contributed by atoms with van der Waals surface area (Å²) in [5.74, 6) is -0.613. The van der Waals surface area contributed by atoms with Gasteiger partial charge in [-0.2, -0.15) is 0 Å². The number of hydrogen-bond acceptors (Lipinski definition) is 3. The molecule has 0 fully saturated rings. The van der Waals surface area contributed by atoms with Crippen LogP contribution in [0.3, 0.4) is 0 Å². The molecule has 0 saturated carbocycles. The van der Waals surface area contributed by atoms with E-state index in [4.69, 9.17) is 4.74 Å². The number of hydrogen-bond donors (Lipinski definition) is 2.